The van der Waals surface area contributed by atoms with Crippen molar-refractivity contribution >= 4 is 24.3 Å². The zero-order valence-corrected chi connectivity index (χ0v) is 18.5. The summed E-state index contributed by atoms with van der Waals surface area (Å²) in [5.74, 6) is 0.470. The minimum atomic E-state index is -0.430. The van der Waals surface area contributed by atoms with E-state index in [4.69, 9.17) is 9.31 Å². The summed E-state index contributed by atoms with van der Waals surface area (Å²) < 4.78 is 25.2. The molecule has 0 N–H and O–H groups in total. The van der Waals surface area contributed by atoms with Gasteiger partial charge in [-0.2, -0.15) is 0 Å². The van der Waals surface area contributed by atoms with E-state index in [1.807, 2.05) is 44.7 Å². The predicted molar refractivity (Wildman–Crippen MR) is 117 cm³/mol. The summed E-state index contributed by atoms with van der Waals surface area (Å²) in [7, 11) is -0.430. The smallest absolute Gasteiger partial charge is 0.399 e. The molecule has 4 rings (SSSR count). The van der Waals surface area contributed by atoms with E-state index >= 15 is 0 Å². The summed E-state index contributed by atoms with van der Waals surface area (Å²) in [6.07, 6.45) is 3.12. The number of amides is 1. The molecule has 2 aliphatic heterocycles. The van der Waals surface area contributed by atoms with Crippen LogP contribution in [0.15, 0.2) is 36.7 Å². The Balaban J connectivity index is 1.32. The van der Waals surface area contributed by atoms with Gasteiger partial charge in [0.25, 0.3) is 0 Å². The van der Waals surface area contributed by atoms with Gasteiger partial charge >= 0.3 is 7.12 Å². The molecule has 2 fully saturated rings. The van der Waals surface area contributed by atoms with Gasteiger partial charge in [-0.15, -0.1) is 0 Å². The Hall–Kier alpha value is -2.52. The van der Waals surface area contributed by atoms with Crippen molar-refractivity contribution in [3.05, 3.63) is 48.2 Å². The maximum atomic E-state index is 13.0. The summed E-state index contributed by atoms with van der Waals surface area (Å²) >= 11 is 0. The average Bonchev–Trinajstić information content (AvgIpc) is 2.97. The summed E-state index contributed by atoms with van der Waals surface area (Å²) in [4.78, 5) is 25.1. The van der Waals surface area contributed by atoms with Crippen LogP contribution in [0.2, 0.25) is 0 Å². The van der Waals surface area contributed by atoms with Gasteiger partial charge in [0.05, 0.1) is 23.8 Å². The van der Waals surface area contributed by atoms with Crippen molar-refractivity contribution in [2.45, 2.75) is 45.3 Å². The van der Waals surface area contributed by atoms with E-state index in [2.05, 4.69) is 14.9 Å². The Kier molecular flexibility index (Phi) is 5.74. The van der Waals surface area contributed by atoms with E-state index in [1.165, 1.54) is 6.07 Å². The summed E-state index contributed by atoms with van der Waals surface area (Å²) in [6, 6.07) is 6.84. The molecule has 0 aromatic carbocycles. The number of carbonyl (C=O) groups is 1. The van der Waals surface area contributed by atoms with Crippen LogP contribution in [0.4, 0.5) is 10.2 Å². The molecule has 4 heterocycles. The van der Waals surface area contributed by atoms with Crippen molar-refractivity contribution in [1.29, 1.82) is 0 Å². The standard InChI is InChI=1S/C22H28BFN4O3/c1-21(2)22(3,4)31-23(30-21)16-5-8-19(26-14-16)27-9-11-28(12-10-27)20(29)13-18-7-6-17(24)15-25-18/h5-8,14-15H,9-13H2,1-4H3. The molecule has 164 valence electrons. The normalized spacial score (nSPS) is 20.2. The van der Waals surface area contributed by atoms with Crippen molar-refractivity contribution in [2.75, 3.05) is 31.1 Å². The Bertz CT molecular complexity index is 913. The van der Waals surface area contributed by atoms with Crippen LogP contribution in [0, 0.1) is 5.82 Å². The van der Waals surface area contributed by atoms with Gasteiger partial charge < -0.3 is 19.1 Å². The second-order valence-electron chi connectivity index (χ2n) is 9.05. The van der Waals surface area contributed by atoms with Gasteiger partial charge in [0, 0.05) is 43.5 Å². The maximum absolute atomic E-state index is 13.0. The van der Waals surface area contributed by atoms with E-state index in [-0.39, 0.29) is 23.5 Å². The van der Waals surface area contributed by atoms with E-state index in [0.717, 1.165) is 17.5 Å². The van der Waals surface area contributed by atoms with Crippen molar-refractivity contribution < 1.29 is 18.5 Å². The first-order chi connectivity index (χ1) is 14.6. The van der Waals surface area contributed by atoms with Crippen LogP contribution in [0.25, 0.3) is 0 Å². The molecular formula is C22H28BFN4O3. The molecule has 0 atom stereocenters. The minimum absolute atomic E-state index is 0.00262. The van der Waals surface area contributed by atoms with Gasteiger partial charge in [-0.05, 0) is 45.9 Å². The van der Waals surface area contributed by atoms with Crippen molar-refractivity contribution in [3.8, 4) is 0 Å². The molecule has 31 heavy (non-hydrogen) atoms. The Morgan fingerprint density at radius 3 is 2.23 bits per heavy atom. The fourth-order valence-electron chi connectivity index (χ4n) is 3.67. The van der Waals surface area contributed by atoms with Crippen LogP contribution < -0.4 is 10.4 Å². The number of rotatable bonds is 4. The molecular weight excluding hydrogens is 398 g/mol. The first-order valence-corrected chi connectivity index (χ1v) is 10.6. The lowest BCUT2D eigenvalue weighted by molar-refractivity contribution is -0.130. The zero-order valence-electron chi connectivity index (χ0n) is 18.5. The van der Waals surface area contributed by atoms with E-state index in [0.29, 0.717) is 31.9 Å². The topological polar surface area (TPSA) is 67.8 Å². The molecule has 0 unspecified atom stereocenters. The SMILES string of the molecule is CC1(C)OB(c2ccc(N3CCN(C(=O)Cc4ccc(F)cn4)CC3)nc2)OC1(C)C. The first kappa shape index (κ1) is 21.7. The highest BCUT2D eigenvalue weighted by atomic mass is 19.1. The number of halogens is 1. The Labute approximate surface area is 182 Å². The van der Waals surface area contributed by atoms with Crippen LogP contribution >= 0.6 is 0 Å². The lowest BCUT2D eigenvalue weighted by atomic mass is 9.80. The highest BCUT2D eigenvalue weighted by molar-refractivity contribution is 6.62. The molecule has 2 aromatic heterocycles. The quantitative estimate of drug-likeness (QED) is 0.695. The fraction of sp³-hybridized carbons (Fsp3) is 0.500. The number of carbonyl (C=O) groups excluding carboxylic acids is 1. The number of aromatic nitrogens is 2. The third-order valence-corrected chi connectivity index (χ3v) is 6.37. The summed E-state index contributed by atoms with van der Waals surface area (Å²) in [6.45, 7) is 10.7. The van der Waals surface area contributed by atoms with Crippen LogP contribution in [-0.4, -0.2) is 65.3 Å². The van der Waals surface area contributed by atoms with Gasteiger partial charge in [0.15, 0.2) is 0 Å². The second kappa shape index (κ2) is 8.20. The molecule has 2 aliphatic rings. The lowest BCUT2D eigenvalue weighted by Crippen LogP contribution is -2.49. The van der Waals surface area contributed by atoms with Crippen LogP contribution in [0.1, 0.15) is 33.4 Å². The highest BCUT2D eigenvalue weighted by Gasteiger charge is 2.51. The molecule has 0 saturated carbocycles. The third-order valence-electron chi connectivity index (χ3n) is 6.37. The number of piperazine rings is 1. The van der Waals surface area contributed by atoms with Gasteiger partial charge in [0.1, 0.15) is 11.6 Å². The zero-order chi connectivity index (χ0) is 22.2. The minimum Gasteiger partial charge on any atom is -0.399 e. The van der Waals surface area contributed by atoms with Crippen LogP contribution in [0.3, 0.4) is 0 Å². The Morgan fingerprint density at radius 1 is 1.00 bits per heavy atom. The third kappa shape index (κ3) is 4.57. The molecule has 0 spiro atoms. The summed E-state index contributed by atoms with van der Waals surface area (Å²) in [5, 5.41) is 0. The van der Waals surface area contributed by atoms with E-state index in [1.54, 1.807) is 12.3 Å². The number of nitrogens with zero attached hydrogens (tertiary/aromatic N) is 4. The second-order valence-corrected chi connectivity index (χ2v) is 9.05. The van der Waals surface area contributed by atoms with Crippen molar-refractivity contribution in [1.82, 2.24) is 14.9 Å². The average molecular weight is 426 g/mol. The predicted octanol–water partition coefficient (Wildman–Crippen LogP) is 1.81. The maximum Gasteiger partial charge on any atom is 0.496 e. The van der Waals surface area contributed by atoms with Crippen molar-refractivity contribution in [3.63, 3.8) is 0 Å². The van der Waals surface area contributed by atoms with Crippen molar-refractivity contribution in [2.24, 2.45) is 0 Å². The number of pyridine rings is 2. The first-order valence-electron chi connectivity index (χ1n) is 10.6. The van der Waals surface area contributed by atoms with Gasteiger partial charge in [0.2, 0.25) is 5.91 Å². The summed E-state index contributed by atoms with van der Waals surface area (Å²) in [5.41, 5.74) is 0.697. The lowest BCUT2D eigenvalue weighted by Gasteiger charge is -2.35. The molecule has 9 heteroatoms. The number of hydrogen-bond acceptors (Lipinski definition) is 6. The molecule has 2 aromatic rings. The number of anilines is 1. The fourth-order valence-corrected chi connectivity index (χ4v) is 3.67. The Morgan fingerprint density at radius 2 is 1.68 bits per heavy atom. The molecule has 7 nitrogen and oxygen atoms in total. The molecule has 0 aliphatic carbocycles. The molecule has 0 radical (unpaired) electrons. The monoisotopic (exact) mass is 426 g/mol. The highest BCUT2D eigenvalue weighted by Crippen LogP contribution is 2.36. The van der Waals surface area contributed by atoms with Crippen LogP contribution in [0.5, 0.6) is 0 Å². The van der Waals surface area contributed by atoms with E-state index in [9.17, 15) is 9.18 Å². The van der Waals surface area contributed by atoms with Crippen LogP contribution in [-0.2, 0) is 20.5 Å². The largest absolute Gasteiger partial charge is 0.496 e. The van der Waals surface area contributed by atoms with Gasteiger partial charge in [-0.3, -0.25) is 9.78 Å². The van der Waals surface area contributed by atoms with E-state index < -0.39 is 12.9 Å². The molecule has 1 amide bonds. The molecule has 2 saturated heterocycles. The number of hydrogen-bond donors (Lipinski definition) is 0. The van der Waals surface area contributed by atoms with Gasteiger partial charge in [-0.25, -0.2) is 9.37 Å². The molecule has 0 bridgehead atoms. The van der Waals surface area contributed by atoms with Gasteiger partial charge in [-0.1, -0.05) is 6.07 Å².